The first kappa shape index (κ1) is 9.52. The van der Waals surface area contributed by atoms with Crippen molar-refractivity contribution in [2.45, 2.75) is 12.3 Å². The lowest BCUT2D eigenvalue weighted by molar-refractivity contribution is -0.137. The molecule has 2 nitrogen and oxygen atoms in total. The number of carboxylic acids is 1. The number of allylic oxidation sites excluding steroid dienone is 1. The number of hydrogen-bond donors (Lipinski definition) is 1. The van der Waals surface area contributed by atoms with Crippen molar-refractivity contribution in [3.8, 4) is 0 Å². The Morgan fingerprint density at radius 2 is 2.08 bits per heavy atom. The molecule has 0 bridgehead atoms. The van der Waals surface area contributed by atoms with Gasteiger partial charge in [-0.1, -0.05) is 36.4 Å². The molecule has 0 radical (unpaired) electrons. The zero-order chi connectivity index (χ0) is 9.68. The molecule has 0 aliphatic heterocycles. The van der Waals surface area contributed by atoms with Crippen LogP contribution in [-0.4, -0.2) is 11.1 Å². The third-order valence-electron chi connectivity index (χ3n) is 1.91. The quantitative estimate of drug-likeness (QED) is 0.715. The van der Waals surface area contributed by atoms with Gasteiger partial charge in [0.2, 0.25) is 0 Å². The van der Waals surface area contributed by atoms with Gasteiger partial charge in [-0.05, 0) is 5.56 Å². The van der Waals surface area contributed by atoms with Crippen molar-refractivity contribution in [2.24, 2.45) is 0 Å². The lowest BCUT2D eigenvalue weighted by atomic mass is 9.96. The smallest absolute Gasteiger partial charge is 0.304 e. The van der Waals surface area contributed by atoms with Crippen LogP contribution in [0, 0.1) is 0 Å². The third-order valence-corrected chi connectivity index (χ3v) is 1.91. The van der Waals surface area contributed by atoms with Gasteiger partial charge in [-0.3, -0.25) is 4.79 Å². The van der Waals surface area contributed by atoms with Gasteiger partial charge in [0.15, 0.2) is 0 Å². The fraction of sp³-hybridized carbons (Fsp3) is 0.182. The summed E-state index contributed by atoms with van der Waals surface area (Å²) < 4.78 is 0. The van der Waals surface area contributed by atoms with Crippen molar-refractivity contribution < 1.29 is 9.90 Å². The molecule has 1 N–H and O–H groups in total. The van der Waals surface area contributed by atoms with Crippen molar-refractivity contribution in [1.29, 1.82) is 0 Å². The minimum Gasteiger partial charge on any atom is -0.481 e. The van der Waals surface area contributed by atoms with Gasteiger partial charge < -0.3 is 5.11 Å². The summed E-state index contributed by atoms with van der Waals surface area (Å²) in [5.74, 6) is -0.882. The monoisotopic (exact) mass is 176 g/mol. The first-order valence-electron chi connectivity index (χ1n) is 4.13. The number of aliphatic carboxylic acids is 1. The Kier molecular flexibility index (Phi) is 3.26. The molecule has 0 aromatic heterocycles. The SMILES string of the molecule is C=C[C@H](CC(=O)O)c1ccccc1. The average Bonchev–Trinajstić information content (AvgIpc) is 2.15. The molecule has 0 fully saturated rings. The van der Waals surface area contributed by atoms with E-state index >= 15 is 0 Å². The van der Waals surface area contributed by atoms with E-state index in [0.717, 1.165) is 5.56 Å². The molecule has 1 atom stereocenters. The predicted octanol–water partition coefficient (Wildman–Crippen LogP) is 2.43. The maximum atomic E-state index is 10.5. The summed E-state index contributed by atoms with van der Waals surface area (Å²) in [5, 5.41) is 8.63. The van der Waals surface area contributed by atoms with Gasteiger partial charge in [0.25, 0.3) is 0 Å². The number of carboxylic acid groups (broad SMARTS) is 1. The highest BCUT2D eigenvalue weighted by molar-refractivity contribution is 5.68. The molecule has 0 unspecified atom stereocenters. The number of benzene rings is 1. The average molecular weight is 176 g/mol. The Balaban J connectivity index is 2.78. The lowest BCUT2D eigenvalue weighted by Crippen LogP contribution is -2.03. The van der Waals surface area contributed by atoms with Gasteiger partial charge in [-0.25, -0.2) is 0 Å². The lowest BCUT2D eigenvalue weighted by Gasteiger charge is -2.08. The van der Waals surface area contributed by atoms with E-state index in [-0.39, 0.29) is 12.3 Å². The van der Waals surface area contributed by atoms with E-state index in [4.69, 9.17) is 5.11 Å². The standard InChI is InChI=1S/C11H12O2/c1-2-9(8-11(12)13)10-6-4-3-5-7-10/h2-7,9H,1,8H2,(H,12,13)/t9-/m1/s1. The van der Waals surface area contributed by atoms with Crippen LogP contribution in [0.4, 0.5) is 0 Å². The van der Waals surface area contributed by atoms with Gasteiger partial charge >= 0.3 is 5.97 Å². The normalized spacial score (nSPS) is 12.0. The number of rotatable bonds is 4. The second-order valence-corrected chi connectivity index (χ2v) is 2.85. The second kappa shape index (κ2) is 4.45. The maximum absolute atomic E-state index is 10.5. The zero-order valence-electron chi connectivity index (χ0n) is 7.31. The van der Waals surface area contributed by atoms with Crippen LogP contribution in [-0.2, 0) is 4.79 Å². The van der Waals surface area contributed by atoms with E-state index in [0.29, 0.717) is 0 Å². The molecule has 0 aliphatic rings. The van der Waals surface area contributed by atoms with Crippen molar-refractivity contribution >= 4 is 5.97 Å². The molecule has 0 spiro atoms. The van der Waals surface area contributed by atoms with Gasteiger partial charge in [-0.15, -0.1) is 6.58 Å². The minimum atomic E-state index is -0.797. The van der Waals surface area contributed by atoms with Crippen molar-refractivity contribution in [3.05, 3.63) is 48.6 Å². The Morgan fingerprint density at radius 3 is 2.54 bits per heavy atom. The molecule has 1 aromatic rings. The summed E-state index contributed by atoms with van der Waals surface area (Å²) in [6.45, 7) is 3.63. The van der Waals surface area contributed by atoms with Crippen LogP contribution < -0.4 is 0 Å². The molecule has 0 saturated heterocycles. The Bertz CT molecular complexity index is 290. The van der Waals surface area contributed by atoms with Crippen LogP contribution in [0.15, 0.2) is 43.0 Å². The van der Waals surface area contributed by atoms with Crippen LogP contribution in [0.2, 0.25) is 0 Å². The first-order chi connectivity index (χ1) is 6.24. The molecule has 1 rings (SSSR count). The van der Waals surface area contributed by atoms with E-state index in [1.54, 1.807) is 6.08 Å². The van der Waals surface area contributed by atoms with Crippen LogP contribution in [0.1, 0.15) is 17.9 Å². The van der Waals surface area contributed by atoms with E-state index < -0.39 is 5.97 Å². The molecule has 1 aromatic carbocycles. The Hall–Kier alpha value is -1.57. The minimum absolute atomic E-state index is 0.0845. The summed E-state index contributed by atoms with van der Waals surface area (Å²) in [4.78, 5) is 10.5. The Labute approximate surface area is 77.5 Å². The Morgan fingerprint density at radius 1 is 1.46 bits per heavy atom. The van der Waals surface area contributed by atoms with Gasteiger partial charge in [0.05, 0.1) is 6.42 Å². The van der Waals surface area contributed by atoms with E-state index in [1.165, 1.54) is 0 Å². The molecule has 0 aliphatic carbocycles. The molecule has 0 heterocycles. The number of carbonyl (C=O) groups is 1. The molecule has 0 saturated carbocycles. The third kappa shape index (κ3) is 2.75. The predicted molar refractivity (Wildman–Crippen MR) is 51.6 cm³/mol. The summed E-state index contributed by atoms with van der Waals surface area (Å²) in [6.07, 6.45) is 1.77. The highest BCUT2D eigenvalue weighted by Crippen LogP contribution is 2.19. The fourth-order valence-electron chi connectivity index (χ4n) is 1.23. The molecule has 68 valence electrons. The summed E-state index contributed by atoms with van der Waals surface area (Å²) in [7, 11) is 0. The molecule has 0 amide bonds. The van der Waals surface area contributed by atoms with Gasteiger partial charge in [0, 0.05) is 5.92 Å². The van der Waals surface area contributed by atoms with Gasteiger partial charge in [-0.2, -0.15) is 0 Å². The van der Waals surface area contributed by atoms with Gasteiger partial charge in [0.1, 0.15) is 0 Å². The van der Waals surface area contributed by atoms with Crippen LogP contribution in [0.5, 0.6) is 0 Å². The largest absolute Gasteiger partial charge is 0.481 e. The highest BCUT2D eigenvalue weighted by Gasteiger charge is 2.10. The topological polar surface area (TPSA) is 37.3 Å². The maximum Gasteiger partial charge on any atom is 0.304 e. The molecule has 2 heteroatoms. The molecule has 13 heavy (non-hydrogen) atoms. The van der Waals surface area contributed by atoms with E-state index in [1.807, 2.05) is 30.3 Å². The van der Waals surface area contributed by atoms with Crippen molar-refractivity contribution in [3.63, 3.8) is 0 Å². The van der Waals surface area contributed by atoms with Crippen LogP contribution >= 0.6 is 0 Å². The zero-order valence-corrected chi connectivity index (χ0v) is 7.31. The van der Waals surface area contributed by atoms with Crippen LogP contribution in [0.25, 0.3) is 0 Å². The van der Waals surface area contributed by atoms with E-state index in [9.17, 15) is 4.79 Å². The van der Waals surface area contributed by atoms with Crippen LogP contribution in [0.3, 0.4) is 0 Å². The van der Waals surface area contributed by atoms with Crippen molar-refractivity contribution in [1.82, 2.24) is 0 Å². The number of hydrogen-bond acceptors (Lipinski definition) is 1. The second-order valence-electron chi connectivity index (χ2n) is 2.85. The summed E-state index contributed by atoms with van der Waals surface area (Å²) >= 11 is 0. The first-order valence-corrected chi connectivity index (χ1v) is 4.13. The van der Waals surface area contributed by atoms with Crippen molar-refractivity contribution in [2.75, 3.05) is 0 Å². The summed E-state index contributed by atoms with van der Waals surface area (Å²) in [5.41, 5.74) is 1.000. The van der Waals surface area contributed by atoms with E-state index in [2.05, 4.69) is 6.58 Å². The summed E-state index contributed by atoms with van der Waals surface area (Å²) in [6, 6.07) is 9.52. The molecular formula is C11H12O2. The highest BCUT2D eigenvalue weighted by atomic mass is 16.4. The fourth-order valence-corrected chi connectivity index (χ4v) is 1.23. The molecular weight excluding hydrogens is 164 g/mol.